The Morgan fingerprint density at radius 2 is 1.69 bits per heavy atom. The molecule has 6 nitrogen and oxygen atoms in total. The van der Waals surface area contributed by atoms with Crippen LogP contribution in [-0.2, 0) is 14.0 Å². The maximum Gasteiger partial charge on any atom is 0.329 e. The molecular formula is C28H41NO5Si. The van der Waals surface area contributed by atoms with Crippen LogP contribution in [0.25, 0.3) is 0 Å². The number of ether oxygens (including phenoxy) is 2. The Bertz CT molecular complexity index is 960. The predicted molar refractivity (Wildman–Crippen MR) is 142 cm³/mol. The SMILES string of the molecule is CCOC(=O)[C@@H]1CC(O[Si](C(C)C)(C(C)C)C(C)C)=C[C@@H](c2ccco2)N1c1ccc(OC)cc1. The number of carbonyl (C=O) groups is 1. The van der Waals surface area contributed by atoms with Crippen LogP contribution in [0, 0.1) is 0 Å². The first kappa shape index (κ1) is 26.9. The van der Waals surface area contributed by atoms with Crippen molar-refractivity contribution in [3.05, 3.63) is 60.3 Å². The summed E-state index contributed by atoms with van der Waals surface area (Å²) in [5, 5.41) is 0. The Morgan fingerprint density at radius 3 is 2.17 bits per heavy atom. The van der Waals surface area contributed by atoms with Gasteiger partial charge in [0.1, 0.15) is 23.6 Å². The Kier molecular flexibility index (Phi) is 8.75. The molecule has 0 N–H and O–H groups in total. The van der Waals surface area contributed by atoms with Crippen LogP contribution in [0.15, 0.2) is 58.9 Å². The lowest BCUT2D eigenvalue weighted by atomic mass is 9.97. The van der Waals surface area contributed by atoms with Crippen LogP contribution in [0.3, 0.4) is 0 Å². The number of benzene rings is 1. The smallest absolute Gasteiger partial charge is 0.329 e. The van der Waals surface area contributed by atoms with E-state index in [1.165, 1.54) is 0 Å². The minimum atomic E-state index is -2.21. The molecule has 7 heteroatoms. The summed E-state index contributed by atoms with van der Waals surface area (Å²) >= 11 is 0. The number of esters is 1. The fourth-order valence-electron chi connectivity index (χ4n) is 5.67. The molecule has 192 valence electrons. The van der Waals surface area contributed by atoms with Gasteiger partial charge >= 0.3 is 5.97 Å². The summed E-state index contributed by atoms with van der Waals surface area (Å²) in [5.74, 6) is 2.10. The van der Waals surface area contributed by atoms with E-state index in [2.05, 4.69) is 52.5 Å². The maximum atomic E-state index is 13.3. The van der Waals surface area contributed by atoms with Crippen molar-refractivity contribution < 1.29 is 23.1 Å². The van der Waals surface area contributed by atoms with E-state index in [-0.39, 0.29) is 12.0 Å². The van der Waals surface area contributed by atoms with Gasteiger partial charge in [-0.05, 0) is 66.0 Å². The van der Waals surface area contributed by atoms with Crippen molar-refractivity contribution in [2.24, 2.45) is 0 Å². The highest BCUT2D eigenvalue weighted by atomic mass is 28.4. The van der Waals surface area contributed by atoms with Gasteiger partial charge in [0.25, 0.3) is 8.32 Å². The van der Waals surface area contributed by atoms with Crippen molar-refractivity contribution in [2.45, 2.75) is 83.6 Å². The molecule has 3 rings (SSSR count). The molecule has 0 unspecified atom stereocenters. The normalized spacial score (nSPS) is 18.7. The molecule has 1 aromatic carbocycles. The van der Waals surface area contributed by atoms with Gasteiger partial charge in [-0.25, -0.2) is 4.79 Å². The van der Waals surface area contributed by atoms with E-state index in [4.69, 9.17) is 18.3 Å². The molecule has 0 bridgehead atoms. The van der Waals surface area contributed by atoms with E-state index in [1.807, 2.05) is 43.3 Å². The number of nitrogens with zero attached hydrogens (tertiary/aromatic N) is 1. The van der Waals surface area contributed by atoms with E-state index in [0.29, 0.717) is 29.7 Å². The van der Waals surface area contributed by atoms with E-state index in [9.17, 15) is 4.79 Å². The molecule has 2 atom stereocenters. The van der Waals surface area contributed by atoms with Crippen LogP contribution in [0.5, 0.6) is 5.75 Å². The average molecular weight is 500 g/mol. The Labute approximate surface area is 211 Å². The van der Waals surface area contributed by atoms with Gasteiger partial charge in [-0.1, -0.05) is 41.5 Å². The van der Waals surface area contributed by atoms with Gasteiger partial charge < -0.3 is 23.2 Å². The highest BCUT2D eigenvalue weighted by Crippen LogP contribution is 2.46. The molecule has 2 heterocycles. The van der Waals surface area contributed by atoms with Crippen LogP contribution < -0.4 is 9.64 Å². The zero-order chi connectivity index (χ0) is 25.8. The lowest BCUT2D eigenvalue weighted by molar-refractivity contribution is -0.145. The lowest BCUT2D eigenvalue weighted by Crippen LogP contribution is -2.51. The monoisotopic (exact) mass is 499 g/mol. The van der Waals surface area contributed by atoms with Crippen LogP contribution in [0.1, 0.15) is 66.7 Å². The second-order valence-corrected chi connectivity index (χ2v) is 15.5. The molecular weight excluding hydrogens is 458 g/mol. The molecule has 0 radical (unpaired) electrons. The van der Waals surface area contributed by atoms with Crippen LogP contribution in [-0.4, -0.2) is 34.0 Å². The minimum Gasteiger partial charge on any atom is -0.546 e. The van der Waals surface area contributed by atoms with E-state index >= 15 is 0 Å². The minimum absolute atomic E-state index is 0.264. The largest absolute Gasteiger partial charge is 0.546 e. The number of furan rings is 1. The van der Waals surface area contributed by atoms with Crippen molar-refractivity contribution in [1.29, 1.82) is 0 Å². The van der Waals surface area contributed by atoms with Crippen molar-refractivity contribution in [2.75, 3.05) is 18.6 Å². The second kappa shape index (κ2) is 11.4. The molecule has 0 saturated carbocycles. The predicted octanol–water partition coefficient (Wildman–Crippen LogP) is 7.25. The second-order valence-electron chi connectivity index (χ2n) is 10.1. The third kappa shape index (κ3) is 5.45. The molecule has 1 aliphatic heterocycles. The third-order valence-electron chi connectivity index (χ3n) is 7.15. The highest BCUT2D eigenvalue weighted by Gasteiger charge is 2.49. The summed E-state index contributed by atoms with van der Waals surface area (Å²) in [7, 11) is -0.570. The summed E-state index contributed by atoms with van der Waals surface area (Å²) in [6, 6.07) is 10.7. The molecule has 1 aromatic heterocycles. The van der Waals surface area contributed by atoms with Crippen LogP contribution in [0.2, 0.25) is 16.6 Å². The molecule has 0 fully saturated rings. The van der Waals surface area contributed by atoms with Crippen molar-refractivity contribution in [3.63, 3.8) is 0 Å². The van der Waals surface area contributed by atoms with Crippen LogP contribution >= 0.6 is 0 Å². The summed E-state index contributed by atoms with van der Waals surface area (Å²) in [6.07, 6.45) is 4.25. The van der Waals surface area contributed by atoms with Crippen molar-refractivity contribution in [1.82, 2.24) is 0 Å². The number of carbonyl (C=O) groups excluding carboxylic acids is 1. The van der Waals surface area contributed by atoms with Gasteiger partial charge in [-0.15, -0.1) is 0 Å². The zero-order valence-electron chi connectivity index (χ0n) is 22.4. The number of anilines is 1. The summed E-state index contributed by atoms with van der Waals surface area (Å²) in [5.41, 5.74) is 2.16. The van der Waals surface area contributed by atoms with Crippen molar-refractivity contribution in [3.8, 4) is 5.75 Å². The molecule has 0 saturated heterocycles. The van der Waals surface area contributed by atoms with Gasteiger partial charge in [0, 0.05) is 12.1 Å². The van der Waals surface area contributed by atoms with Gasteiger partial charge in [-0.2, -0.15) is 0 Å². The molecule has 1 aliphatic rings. The van der Waals surface area contributed by atoms with E-state index in [0.717, 1.165) is 23.0 Å². The van der Waals surface area contributed by atoms with E-state index in [1.54, 1.807) is 13.4 Å². The Hall–Kier alpha value is -2.67. The molecule has 0 aliphatic carbocycles. The zero-order valence-corrected chi connectivity index (χ0v) is 23.4. The fraction of sp³-hybridized carbons (Fsp3) is 0.536. The third-order valence-corrected chi connectivity index (χ3v) is 13.2. The van der Waals surface area contributed by atoms with Gasteiger partial charge in [0.15, 0.2) is 0 Å². The van der Waals surface area contributed by atoms with E-state index < -0.39 is 14.4 Å². The number of methoxy groups -OCH3 is 1. The molecule has 0 spiro atoms. The molecule has 2 aromatic rings. The maximum absolute atomic E-state index is 13.3. The summed E-state index contributed by atoms with van der Waals surface area (Å²) in [6.45, 7) is 15.8. The van der Waals surface area contributed by atoms with Gasteiger partial charge in [0.05, 0.1) is 25.7 Å². The molecule has 0 amide bonds. The first-order chi connectivity index (χ1) is 16.6. The lowest BCUT2D eigenvalue weighted by Gasteiger charge is -2.46. The highest BCUT2D eigenvalue weighted by molar-refractivity contribution is 6.77. The number of hydrogen-bond donors (Lipinski definition) is 0. The standard InChI is InChI=1S/C28H41NO5Si/c1-9-32-28(30)26-18-24(34-35(19(2)3,20(4)5)21(6)7)17-25(27-11-10-16-33-27)29(26)22-12-14-23(31-8)15-13-22/h10-17,19-21,25-26H,9,18H2,1-8H3/t25-,26-/m0/s1. The Morgan fingerprint density at radius 1 is 1.06 bits per heavy atom. The fourth-order valence-corrected chi connectivity index (χ4v) is 11.0. The van der Waals surface area contributed by atoms with Crippen LogP contribution in [0.4, 0.5) is 5.69 Å². The Balaban J connectivity index is 2.14. The number of hydrogen-bond acceptors (Lipinski definition) is 6. The summed E-state index contributed by atoms with van der Waals surface area (Å²) < 4.78 is 23.9. The van der Waals surface area contributed by atoms with Gasteiger partial charge in [0.2, 0.25) is 0 Å². The van der Waals surface area contributed by atoms with Gasteiger partial charge in [-0.3, -0.25) is 0 Å². The molecule has 35 heavy (non-hydrogen) atoms. The summed E-state index contributed by atoms with van der Waals surface area (Å²) in [4.78, 5) is 15.4. The van der Waals surface area contributed by atoms with Crippen molar-refractivity contribution >= 4 is 20.0 Å². The topological polar surface area (TPSA) is 61.1 Å². The first-order valence-electron chi connectivity index (χ1n) is 12.7. The first-order valence-corrected chi connectivity index (χ1v) is 14.8. The quantitative estimate of drug-likeness (QED) is 0.253. The average Bonchev–Trinajstić information content (AvgIpc) is 3.36. The number of rotatable bonds is 10.